The predicted molar refractivity (Wildman–Crippen MR) is 114 cm³/mol. The van der Waals surface area contributed by atoms with Crippen LogP contribution in [0.2, 0.25) is 0 Å². The Morgan fingerprint density at radius 1 is 1.04 bits per heavy atom. The van der Waals surface area contributed by atoms with E-state index in [0.29, 0.717) is 11.4 Å². The molecule has 1 unspecified atom stereocenters. The van der Waals surface area contributed by atoms with E-state index in [0.717, 1.165) is 34.9 Å². The first-order valence-corrected chi connectivity index (χ1v) is 11.3. The topological polar surface area (TPSA) is 69.7 Å². The van der Waals surface area contributed by atoms with Crippen LogP contribution in [0.25, 0.3) is 0 Å². The summed E-state index contributed by atoms with van der Waals surface area (Å²) in [5.41, 5.74) is 3.28. The monoisotopic (exact) mass is 401 g/mol. The number of sulfonamides is 1. The minimum atomic E-state index is -3.62. The summed E-state index contributed by atoms with van der Waals surface area (Å²) in [6.07, 6.45) is 3.52. The molecule has 1 aliphatic heterocycles. The Balaban J connectivity index is 1.75. The minimum Gasteiger partial charge on any atom is -0.372 e. The van der Waals surface area contributed by atoms with Crippen LogP contribution in [0.3, 0.4) is 0 Å². The van der Waals surface area contributed by atoms with Crippen LogP contribution >= 0.6 is 0 Å². The van der Waals surface area contributed by atoms with Crippen LogP contribution in [0.15, 0.2) is 48.5 Å². The molecule has 6 nitrogen and oxygen atoms in total. The fourth-order valence-electron chi connectivity index (χ4n) is 3.48. The van der Waals surface area contributed by atoms with Crippen LogP contribution in [0.5, 0.6) is 0 Å². The van der Waals surface area contributed by atoms with E-state index in [1.165, 1.54) is 12.8 Å². The maximum atomic E-state index is 12.8. The first kappa shape index (κ1) is 20.2. The lowest BCUT2D eigenvalue weighted by Crippen LogP contribution is -2.45. The highest BCUT2D eigenvalue weighted by molar-refractivity contribution is 7.92. The van der Waals surface area contributed by atoms with Gasteiger partial charge in [0.1, 0.15) is 6.04 Å². The molecule has 0 aliphatic carbocycles. The molecule has 1 aliphatic rings. The van der Waals surface area contributed by atoms with Crippen molar-refractivity contribution in [1.82, 2.24) is 0 Å². The lowest BCUT2D eigenvalue weighted by atomic mass is 10.2. The summed E-state index contributed by atoms with van der Waals surface area (Å²) in [4.78, 5) is 15.1. The van der Waals surface area contributed by atoms with Gasteiger partial charge in [0.25, 0.3) is 0 Å². The fraction of sp³-hybridized carbons (Fsp3) is 0.381. The lowest BCUT2D eigenvalue weighted by molar-refractivity contribution is -0.116. The number of carbonyl (C=O) groups is 1. The number of carbonyl (C=O) groups excluding carboxylic acids is 1. The van der Waals surface area contributed by atoms with E-state index in [-0.39, 0.29) is 5.91 Å². The van der Waals surface area contributed by atoms with Gasteiger partial charge in [0, 0.05) is 24.5 Å². The Morgan fingerprint density at radius 2 is 1.61 bits per heavy atom. The van der Waals surface area contributed by atoms with Gasteiger partial charge in [0.2, 0.25) is 15.9 Å². The molecule has 1 fully saturated rings. The van der Waals surface area contributed by atoms with Gasteiger partial charge in [-0.1, -0.05) is 17.7 Å². The normalized spacial score (nSPS) is 15.3. The fourth-order valence-corrected chi connectivity index (χ4v) is 4.65. The summed E-state index contributed by atoms with van der Waals surface area (Å²) in [6, 6.07) is 13.9. The molecule has 0 saturated carbocycles. The number of nitrogens with zero attached hydrogens (tertiary/aromatic N) is 2. The van der Waals surface area contributed by atoms with Crippen molar-refractivity contribution in [2.75, 3.05) is 33.9 Å². The minimum absolute atomic E-state index is 0.375. The van der Waals surface area contributed by atoms with Crippen molar-refractivity contribution in [3.05, 3.63) is 54.1 Å². The zero-order valence-electron chi connectivity index (χ0n) is 16.6. The van der Waals surface area contributed by atoms with Gasteiger partial charge in [-0.2, -0.15) is 0 Å². The molecule has 0 spiro atoms. The van der Waals surface area contributed by atoms with Gasteiger partial charge in [-0.3, -0.25) is 9.10 Å². The number of rotatable bonds is 6. The Hall–Kier alpha value is -2.54. The molecule has 2 aromatic carbocycles. The third-order valence-corrected chi connectivity index (χ3v) is 6.22. The van der Waals surface area contributed by atoms with Crippen molar-refractivity contribution in [3.63, 3.8) is 0 Å². The number of amides is 1. The van der Waals surface area contributed by atoms with Crippen LogP contribution in [-0.2, 0) is 14.8 Å². The van der Waals surface area contributed by atoms with Crippen LogP contribution in [0.1, 0.15) is 25.3 Å². The highest BCUT2D eigenvalue weighted by Crippen LogP contribution is 2.24. The molecule has 3 rings (SSSR count). The van der Waals surface area contributed by atoms with Crippen LogP contribution in [-0.4, -0.2) is 39.7 Å². The summed E-state index contributed by atoms with van der Waals surface area (Å²) < 4.78 is 25.8. The molecule has 1 atom stereocenters. The highest BCUT2D eigenvalue weighted by atomic mass is 32.2. The van der Waals surface area contributed by atoms with Gasteiger partial charge < -0.3 is 10.2 Å². The first-order valence-electron chi connectivity index (χ1n) is 9.47. The summed E-state index contributed by atoms with van der Waals surface area (Å²) >= 11 is 0. The van der Waals surface area contributed by atoms with E-state index in [4.69, 9.17) is 0 Å². The summed E-state index contributed by atoms with van der Waals surface area (Å²) in [6.45, 7) is 5.64. The lowest BCUT2D eigenvalue weighted by Gasteiger charge is -2.28. The highest BCUT2D eigenvalue weighted by Gasteiger charge is 2.29. The average molecular weight is 402 g/mol. The summed E-state index contributed by atoms with van der Waals surface area (Å²) in [5.74, 6) is -0.375. The number of aryl methyl sites for hydroxylation is 1. The molecule has 150 valence electrons. The second kappa shape index (κ2) is 8.22. The van der Waals surface area contributed by atoms with Gasteiger partial charge in [0.05, 0.1) is 11.9 Å². The number of benzene rings is 2. The van der Waals surface area contributed by atoms with Gasteiger partial charge in [0.15, 0.2) is 0 Å². The van der Waals surface area contributed by atoms with Crippen molar-refractivity contribution in [1.29, 1.82) is 0 Å². The summed E-state index contributed by atoms with van der Waals surface area (Å²) in [5, 5.41) is 2.83. The van der Waals surface area contributed by atoms with Gasteiger partial charge >= 0.3 is 0 Å². The first-order chi connectivity index (χ1) is 13.3. The van der Waals surface area contributed by atoms with Gasteiger partial charge in [-0.25, -0.2) is 8.42 Å². The predicted octanol–water partition coefficient (Wildman–Crippen LogP) is 3.39. The molecule has 0 radical (unpaired) electrons. The molecule has 1 heterocycles. The van der Waals surface area contributed by atoms with Crippen LogP contribution < -0.4 is 14.5 Å². The smallest absolute Gasteiger partial charge is 0.247 e. The zero-order valence-corrected chi connectivity index (χ0v) is 17.4. The molecule has 28 heavy (non-hydrogen) atoms. The molecule has 7 heteroatoms. The third-order valence-electron chi connectivity index (χ3n) is 4.98. The van der Waals surface area contributed by atoms with Gasteiger partial charge in [-0.05, 0) is 63.1 Å². The van der Waals surface area contributed by atoms with Gasteiger partial charge in [-0.15, -0.1) is 0 Å². The number of hydrogen-bond acceptors (Lipinski definition) is 4. The largest absolute Gasteiger partial charge is 0.372 e. The van der Waals surface area contributed by atoms with Crippen LogP contribution in [0, 0.1) is 6.92 Å². The second-order valence-corrected chi connectivity index (χ2v) is 9.16. The van der Waals surface area contributed by atoms with E-state index in [1.807, 2.05) is 43.3 Å². The summed E-state index contributed by atoms with van der Waals surface area (Å²) in [7, 11) is -3.62. The maximum absolute atomic E-state index is 12.8. The molecule has 2 aromatic rings. The maximum Gasteiger partial charge on any atom is 0.247 e. The zero-order chi connectivity index (χ0) is 20.3. The van der Waals surface area contributed by atoms with Crippen molar-refractivity contribution in [2.24, 2.45) is 0 Å². The quantitative estimate of drug-likeness (QED) is 0.806. The standard InChI is InChI=1S/C21H27N3O3S/c1-16-6-10-20(11-7-16)24(28(3,26)27)17(2)21(25)22-18-8-12-19(13-9-18)23-14-4-5-15-23/h6-13,17H,4-5,14-15H2,1-3H3,(H,22,25). The Kier molecular flexibility index (Phi) is 5.93. The van der Waals surface area contributed by atoms with Crippen molar-refractivity contribution >= 4 is 33.0 Å². The van der Waals surface area contributed by atoms with Crippen molar-refractivity contribution in [3.8, 4) is 0 Å². The Bertz CT molecular complexity index is 918. The van der Waals surface area contributed by atoms with E-state index in [2.05, 4.69) is 10.2 Å². The molecule has 1 N–H and O–H groups in total. The molecular weight excluding hydrogens is 374 g/mol. The van der Waals surface area contributed by atoms with Crippen molar-refractivity contribution < 1.29 is 13.2 Å². The Labute approximate surface area is 167 Å². The molecule has 1 saturated heterocycles. The van der Waals surface area contributed by atoms with E-state index < -0.39 is 16.1 Å². The van der Waals surface area contributed by atoms with E-state index >= 15 is 0 Å². The molecule has 1 amide bonds. The Morgan fingerprint density at radius 3 is 2.14 bits per heavy atom. The molecule has 0 aromatic heterocycles. The SMILES string of the molecule is Cc1ccc(N(C(C)C(=O)Nc2ccc(N3CCCC3)cc2)S(C)(=O)=O)cc1. The number of hydrogen-bond donors (Lipinski definition) is 1. The van der Waals surface area contributed by atoms with Crippen LogP contribution in [0.4, 0.5) is 17.1 Å². The van der Waals surface area contributed by atoms with E-state index in [9.17, 15) is 13.2 Å². The molecule has 0 bridgehead atoms. The molecular formula is C21H27N3O3S. The second-order valence-electron chi connectivity index (χ2n) is 7.30. The van der Waals surface area contributed by atoms with E-state index in [1.54, 1.807) is 19.1 Å². The number of nitrogens with one attached hydrogen (secondary N) is 1. The third kappa shape index (κ3) is 4.65. The average Bonchev–Trinajstić information content (AvgIpc) is 3.17. The number of anilines is 3. The van der Waals surface area contributed by atoms with Crippen molar-refractivity contribution in [2.45, 2.75) is 32.7 Å².